The molecule has 3 rings (SSSR count). The summed E-state index contributed by atoms with van der Waals surface area (Å²) in [5.41, 5.74) is 3.02. The van der Waals surface area contributed by atoms with Crippen LogP contribution < -0.4 is 5.32 Å². The molecule has 0 spiro atoms. The van der Waals surface area contributed by atoms with Crippen molar-refractivity contribution in [2.75, 3.05) is 6.54 Å². The maximum Gasteiger partial charge on any atom is 0.469 e. The lowest BCUT2D eigenvalue weighted by Crippen LogP contribution is -2.46. The van der Waals surface area contributed by atoms with Crippen molar-refractivity contribution in [2.24, 2.45) is 0 Å². The number of furan rings is 1. The molecule has 5 heteroatoms. The Morgan fingerprint density at radius 1 is 1.04 bits per heavy atom. The van der Waals surface area contributed by atoms with Gasteiger partial charge < -0.3 is 19.8 Å². The zero-order valence-electron chi connectivity index (χ0n) is 13.7. The molecule has 0 radical (unpaired) electrons. The highest BCUT2D eigenvalue weighted by Crippen LogP contribution is 2.22. The number of hydrogen-bond donors (Lipinski definition) is 3. The normalized spacial score (nSPS) is 13.8. The Morgan fingerprint density at radius 3 is 2.50 bits per heavy atom. The molecule has 1 aromatic heterocycles. The largest absolute Gasteiger partial charge is 0.469 e. The van der Waals surface area contributed by atoms with Crippen molar-refractivity contribution in [2.45, 2.75) is 25.2 Å². The smallest absolute Gasteiger partial charge is 0.464 e. The second-order valence-corrected chi connectivity index (χ2v) is 6.20. The van der Waals surface area contributed by atoms with Crippen molar-refractivity contribution in [3.63, 3.8) is 0 Å². The number of rotatable bonds is 7. The molecule has 124 valence electrons. The van der Waals surface area contributed by atoms with Crippen LogP contribution in [0.4, 0.5) is 0 Å². The van der Waals surface area contributed by atoms with Gasteiger partial charge in [-0.05, 0) is 29.5 Å². The first-order valence-corrected chi connectivity index (χ1v) is 8.24. The van der Waals surface area contributed by atoms with Gasteiger partial charge in [0.15, 0.2) is 0 Å². The van der Waals surface area contributed by atoms with Gasteiger partial charge >= 0.3 is 7.12 Å². The van der Waals surface area contributed by atoms with Gasteiger partial charge in [-0.15, -0.1) is 0 Å². The first-order chi connectivity index (χ1) is 11.6. The maximum absolute atomic E-state index is 9.73. The molecule has 0 fully saturated rings. The van der Waals surface area contributed by atoms with Gasteiger partial charge in [-0.2, -0.15) is 0 Å². The number of fused-ring (bicyclic) bond motifs is 1. The molecule has 0 saturated carbocycles. The first kappa shape index (κ1) is 16.8. The highest BCUT2D eigenvalue weighted by atomic mass is 16.4. The van der Waals surface area contributed by atoms with Crippen molar-refractivity contribution in [1.82, 2.24) is 5.32 Å². The first-order valence-electron chi connectivity index (χ1n) is 8.24. The lowest BCUT2D eigenvalue weighted by molar-refractivity contribution is 0.365. The molecule has 2 atom stereocenters. The summed E-state index contributed by atoms with van der Waals surface area (Å²) < 4.78 is 5.53. The predicted octanol–water partition coefficient (Wildman–Crippen LogP) is 2.75. The lowest BCUT2D eigenvalue weighted by Gasteiger charge is -2.20. The molecule has 0 saturated heterocycles. The van der Waals surface area contributed by atoms with Crippen LogP contribution in [0.1, 0.15) is 24.0 Å². The Balaban J connectivity index is 1.67. The summed E-state index contributed by atoms with van der Waals surface area (Å²) in [6.45, 7) is 2.79. The summed E-state index contributed by atoms with van der Waals surface area (Å²) in [7, 11) is -1.43. The van der Waals surface area contributed by atoms with E-state index < -0.39 is 13.1 Å². The maximum atomic E-state index is 9.73. The molecule has 0 aliphatic heterocycles. The van der Waals surface area contributed by atoms with Crippen LogP contribution in [-0.4, -0.2) is 29.7 Å². The molecule has 0 aliphatic carbocycles. The van der Waals surface area contributed by atoms with Crippen molar-refractivity contribution in [1.29, 1.82) is 0 Å². The second kappa shape index (κ2) is 7.66. The van der Waals surface area contributed by atoms with Crippen LogP contribution in [0, 0.1) is 0 Å². The zero-order valence-corrected chi connectivity index (χ0v) is 13.7. The highest BCUT2D eigenvalue weighted by Gasteiger charge is 2.25. The third kappa shape index (κ3) is 3.87. The average molecular weight is 323 g/mol. The molecule has 3 aromatic rings. The van der Waals surface area contributed by atoms with Crippen LogP contribution >= 0.6 is 0 Å². The number of nitrogens with one attached hydrogen (secondary N) is 1. The molecular weight excluding hydrogens is 301 g/mol. The topological polar surface area (TPSA) is 65.6 Å². The third-order valence-corrected chi connectivity index (χ3v) is 4.42. The fourth-order valence-corrected chi connectivity index (χ4v) is 2.94. The molecule has 0 unspecified atom stereocenters. The minimum absolute atomic E-state index is 0.286. The Morgan fingerprint density at radius 2 is 1.75 bits per heavy atom. The van der Waals surface area contributed by atoms with E-state index in [9.17, 15) is 10.0 Å². The van der Waals surface area contributed by atoms with Crippen LogP contribution in [0.15, 0.2) is 65.3 Å². The molecule has 0 aliphatic rings. The molecular formula is C19H22BNO3. The van der Waals surface area contributed by atoms with Crippen LogP contribution in [-0.2, 0) is 6.42 Å². The SMILES string of the molecule is C[C@@H](CN[C@@H](Cc1coc2ccccc12)B(O)O)c1ccccc1. The Kier molecular flexibility index (Phi) is 5.36. The Bertz CT molecular complexity index is 772. The van der Waals surface area contributed by atoms with E-state index in [0.717, 1.165) is 16.5 Å². The van der Waals surface area contributed by atoms with E-state index in [4.69, 9.17) is 4.42 Å². The zero-order chi connectivity index (χ0) is 16.9. The van der Waals surface area contributed by atoms with E-state index in [1.54, 1.807) is 6.26 Å². The highest BCUT2D eigenvalue weighted by molar-refractivity contribution is 6.43. The molecule has 24 heavy (non-hydrogen) atoms. The van der Waals surface area contributed by atoms with Gasteiger partial charge in [0, 0.05) is 17.9 Å². The van der Waals surface area contributed by atoms with Crippen molar-refractivity contribution < 1.29 is 14.5 Å². The van der Waals surface area contributed by atoms with Crippen LogP contribution in [0.2, 0.25) is 0 Å². The van der Waals surface area contributed by atoms with Gasteiger partial charge in [0.05, 0.1) is 6.26 Å². The second-order valence-electron chi connectivity index (χ2n) is 6.20. The number of para-hydroxylation sites is 1. The molecule has 2 aromatic carbocycles. The monoisotopic (exact) mass is 323 g/mol. The van der Waals surface area contributed by atoms with Gasteiger partial charge in [-0.3, -0.25) is 0 Å². The summed E-state index contributed by atoms with van der Waals surface area (Å²) in [5, 5.41) is 23.8. The summed E-state index contributed by atoms with van der Waals surface area (Å²) in [6, 6.07) is 18.0. The Labute approximate surface area is 142 Å². The van der Waals surface area contributed by atoms with E-state index in [-0.39, 0.29) is 5.92 Å². The molecule has 0 bridgehead atoms. The fourth-order valence-electron chi connectivity index (χ4n) is 2.94. The van der Waals surface area contributed by atoms with E-state index in [1.807, 2.05) is 42.5 Å². The standard InChI is InChI=1S/C19H22BNO3/c1-14(15-7-3-2-4-8-15)12-21-19(20(22)23)11-16-13-24-18-10-6-5-9-17(16)18/h2-10,13-14,19,21-23H,11-12H2,1H3/t14-,19-/m0/s1. The van der Waals surface area contributed by atoms with Crippen LogP contribution in [0.3, 0.4) is 0 Å². The lowest BCUT2D eigenvalue weighted by atomic mass is 9.75. The molecule has 3 N–H and O–H groups in total. The molecule has 0 amide bonds. The quantitative estimate of drug-likeness (QED) is 0.585. The Hall–Kier alpha value is -2.08. The number of hydrogen-bond acceptors (Lipinski definition) is 4. The van der Waals surface area contributed by atoms with Crippen molar-refractivity contribution in [3.05, 3.63) is 72.0 Å². The van der Waals surface area contributed by atoms with E-state index in [2.05, 4.69) is 24.4 Å². The van der Waals surface area contributed by atoms with Crippen molar-refractivity contribution in [3.8, 4) is 0 Å². The predicted molar refractivity (Wildman–Crippen MR) is 96.8 cm³/mol. The summed E-state index contributed by atoms with van der Waals surface area (Å²) in [5.74, 6) is -0.161. The average Bonchev–Trinajstić information content (AvgIpc) is 3.02. The summed E-state index contributed by atoms with van der Waals surface area (Å²) in [6.07, 6.45) is 2.19. The fraction of sp³-hybridized carbons (Fsp3) is 0.263. The van der Waals surface area contributed by atoms with Gasteiger partial charge in [0.25, 0.3) is 0 Å². The van der Waals surface area contributed by atoms with Gasteiger partial charge in [-0.1, -0.05) is 55.5 Å². The van der Waals surface area contributed by atoms with Gasteiger partial charge in [0.2, 0.25) is 0 Å². The molecule has 4 nitrogen and oxygen atoms in total. The van der Waals surface area contributed by atoms with Gasteiger partial charge in [0.1, 0.15) is 5.58 Å². The van der Waals surface area contributed by atoms with Gasteiger partial charge in [-0.25, -0.2) is 0 Å². The summed E-state index contributed by atoms with van der Waals surface area (Å²) in [4.78, 5) is 0. The van der Waals surface area contributed by atoms with Crippen molar-refractivity contribution >= 4 is 18.1 Å². The number of benzene rings is 2. The van der Waals surface area contributed by atoms with E-state index in [1.165, 1.54) is 5.56 Å². The summed E-state index contributed by atoms with van der Waals surface area (Å²) >= 11 is 0. The molecule has 1 heterocycles. The minimum atomic E-state index is -1.43. The third-order valence-electron chi connectivity index (χ3n) is 4.42. The van der Waals surface area contributed by atoms with E-state index in [0.29, 0.717) is 13.0 Å². The van der Waals surface area contributed by atoms with E-state index >= 15 is 0 Å². The van der Waals surface area contributed by atoms with Crippen LogP contribution in [0.25, 0.3) is 11.0 Å². The minimum Gasteiger partial charge on any atom is -0.464 e. The van der Waals surface area contributed by atoms with Crippen LogP contribution in [0.5, 0.6) is 0 Å².